The molecule has 0 radical (unpaired) electrons. The lowest BCUT2D eigenvalue weighted by molar-refractivity contribution is -0.147. The minimum atomic E-state index is -4.43. The van der Waals surface area contributed by atoms with Crippen LogP contribution in [0.3, 0.4) is 0 Å². The van der Waals surface area contributed by atoms with Crippen LogP contribution < -0.4 is 5.32 Å². The van der Waals surface area contributed by atoms with Crippen molar-refractivity contribution in [1.82, 2.24) is 5.32 Å². The Labute approximate surface area is 387 Å². The molecular weight excluding hydrogens is 810 g/mol. The van der Waals surface area contributed by atoms with Crippen molar-refractivity contribution >= 4 is 19.7 Å². The average Bonchev–Trinajstić information content (AvgIpc) is 3.27. The Morgan fingerprint density at radius 1 is 0.508 bits per heavy atom. The van der Waals surface area contributed by atoms with Crippen LogP contribution in [0.5, 0.6) is 0 Å². The second kappa shape index (κ2) is 49.2. The van der Waals surface area contributed by atoms with Gasteiger partial charge in [0, 0.05) is 19.4 Å². The number of carbonyl (C=O) groups is 2. The van der Waals surface area contributed by atoms with Crippen molar-refractivity contribution < 1.29 is 37.9 Å². The van der Waals surface area contributed by atoms with Crippen LogP contribution in [0.2, 0.25) is 0 Å². The number of amides is 1. The van der Waals surface area contributed by atoms with Gasteiger partial charge >= 0.3 is 13.8 Å². The van der Waals surface area contributed by atoms with Gasteiger partial charge in [0.15, 0.2) is 0 Å². The SMILES string of the molecule is CC/C=C\C/C=C\C/C=C\C/C=C\C/C=C\CCCCCC(=O)OCC(O)COP(=O)(O)OCCNC(=O)CCCCCCCCCCCCCCCCCCCCCCCCC. The monoisotopic (exact) mass is 906 g/mol. The fourth-order valence-electron chi connectivity index (χ4n) is 7.11. The largest absolute Gasteiger partial charge is 0.472 e. The Kier molecular flexibility index (Phi) is 47.4. The number of allylic oxidation sites excluding steroid dienone is 10. The molecule has 0 rings (SSSR count). The first-order valence-corrected chi connectivity index (χ1v) is 27.3. The molecule has 10 heteroatoms. The van der Waals surface area contributed by atoms with E-state index in [1.54, 1.807) is 0 Å². The zero-order valence-electron chi connectivity index (χ0n) is 40.5. The Morgan fingerprint density at radius 3 is 1.37 bits per heavy atom. The second-order valence-corrected chi connectivity index (χ2v) is 18.6. The lowest BCUT2D eigenvalue weighted by atomic mass is 10.0. The molecule has 0 aromatic carbocycles. The van der Waals surface area contributed by atoms with Gasteiger partial charge in [-0.05, 0) is 57.8 Å². The molecule has 0 bridgehead atoms. The molecule has 0 fully saturated rings. The molecule has 1 amide bonds. The minimum absolute atomic E-state index is 0.0780. The molecule has 2 atom stereocenters. The van der Waals surface area contributed by atoms with Crippen LogP contribution in [-0.2, 0) is 27.9 Å². The number of esters is 1. The van der Waals surface area contributed by atoms with E-state index in [-0.39, 0.29) is 32.1 Å². The summed E-state index contributed by atoms with van der Waals surface area (Å²) in [6.07, 6.45) is 60.3. The van der Waals surface area contributed by atoms with E-state index in [1.165, 1.54) is 128 Å². The quantitative estimate of drug-likeness (QED) is 0.0238. The number of carbonyl (C=O) groups excluding carboxylic acids is 2. The molecular formula is C53H96NO8P. The summed E-state index contributed by atoms with van der Waals surface area (Å²) in [4.78, 5) is 34.1. The lowest BCUT2D eigenvalue weighted by Crippen LogP contribution is -2.27. The van der Waals surface area contributed by atoms with Crippen LogP contribution in [0.15, 0.2) is 60.8 Å². The van der Waals surface area contributed by atoms with Gasteiger partial charge in [-0.3, -0.25) is 18.6 Å². The second-order valence-electron chi connectivity index (χ2n) is 17.1. The molecule has 0 aromatic rings. The molecule has 0 aromatic heterocycles. The first kappa shape index (κ1) is 60.7. The third-order valence-electron chi connectivity index (χ3n) is 11.0. The third-order valence-corrected chi connectivity index (χ3v) is 11.9. The molecule has 0 aliphatic heterocycles. The molecule has 0 aliphatic carbocycles. The highest BCUT2D eigenvalue weighted by Crippen LogP contribution is 2.42. The molecule has 0 saturated heterocycles. The maximum Gasteiger partial charge on any atom is 0.472 e. The predicted octanol–water partition coefficient (Wildman–Crippen LogP) is 15.2. The number of nitrogens with one attached hydrogen (secondary N) is 1. The van der Waals surface area contributed by atoms with E-state index in [1.807, 2.05) is 0 Å². The van der Waals surface area contributed by atoms with Crippen molar-refractivity contribution in [2.45, 2.75) is 238 Å². The maximum absolute atomic E-state index is 12.1. The summed E-state index contributed by atoms with van der Waals surface area (Å²) < 4.78 is 27.0. The van der Waals surface area contributed by atoms with Gasteiger partial charge in [0.2, 0.25) is 5.91 Å². The summed E-state index contributed by atoms with van der Waals surface area (Å²) in [6.45, 7) is 3.43. The summed E-state index contributed by atoms with van der Waals surface area (Å²) >= 11 is 0. The van der Waals surface area contributed by atoms with Crippen molar-refractivity contribution in [3.63, 3.8) is 0 Å². The van der Waals surface area contributed by atoms with Gasteiger partial charge < -0.3 is 20.1 Å². The number of hydrogen-bond donors (Lipinski definition) is 3. The van der Waals surface area contributed by atoms with Gasteiger partial charge in [-0.1, -0.05) is 222 Å². The number of rotatable bonds is 48. The molecule has 366 valence electrons. The Hall–Kier alpha value is -2.29. The van der Waals surface area contributed by atoms with Gasteiger partial charge in [0.1, 0.15) is 12.7 Å². The molecule has 0 spiro atoms. The van der Waals surface area contributed by atoms with E-state index in [4.69, 9.17) is 13.8 Å². The number of aliphatic hydroxyl groups is 1. The zero-order chi connectivity index (χ0) is 46.0. The molecule has 0 aliphatic rings. The average molecular weight is 906 g/mol. The standard InChI is InChI=1S/C53H96NO8P/c1-3-5-7-9-11-13-15-17-19-21-23-24-25-26-28-29-31-33-35-37-39-41-43-45-52(56)54-47-48-61-63(58,59)62-50-51(55)49-60-53(57)46-44-42-40-38-36-34-32-30-27-22-20-18-16-14-12-10-8-6-4-2/h6,8,12,14,18,20,27,30,34,36,51,55H,3-5,7,9-11,13,15-17,19,21-26,28-29,31-33,35,37-50H2,1-2H3,(H,54,56)(H,58,59)/b8-6-,14-12-,20-18-,30-27-,36-34-. The number of hydrogen-bond acceptors (Lipinski definition) is 7. The zero-order valence-corrected chi connectivity index (χ0v) is 41.4. The summed E-state index contributed by atoms with van der Waals surface area (Å²) in [7, 11) is -4.43. The molecule has 2 unspecified atom stereocenters. The molecule has 0 saturated carbocycles. The maximum atomic E-state index is 12.1. The van der Waals surface area contributed by atoms with Crippen molar-refractivity contribution in [3.05, 3.63) is 60.8 Å². The highest BCUT2D eigenvalue weighted by atomic mass is 31.2. The third kappa shape index (κ3) is 50.6. The first-order valence-electron chi connectivity index (χ1n) is 25.8. The van der Waals surface area contributed by atoms with E-state index >= 15 is 0 Å². The van der Waals surface area contributed by atoms with E-state index in [0.29, 0.717) is 12.8 Å². The normalized spacial score (nSPS) is 13.7. The van der Waals surface area contributed by atoms with Gasteiger partial charge in [-0.15, -0.1) is 0 Å². The van der Waals surface area contributed by atoms with Crippen LogP contribution in [0, 0.1) is 0 Å². The number of phosphoric ester groups is 1. The fourth-order valence-corrected chi connectivity index (χ4v) is 7.87. The lowest BCUT2D eigenvalue weighted by Gasteiger charge is -2.15. The van der Waals surface area contributed by atoms with Crippen LogP contribution in [0.4, 0.5) is 0 Å². The van der Waals surface area contributed by atoms with Crippen molar-refractivity contribution in [2.75, 3.05) is 26.4 Å². The Bertz CT molecular complexity index is 1220. The summed E-state index contributed by atoms with van der Waals surface area (Å²) in [5.41, 5.74) is 0. The van der Waals surface area contributed by atoms with Crippen LogP contribution >= 0.6 is 7.82 Å². The van der Waals surface area contributed by atoms with Crippen LogP contribution in [-0.4, -0.2) is 54.3 Å². The minimum Gasteiger partial charge on any atom is -0.463 e. The van der Waals surface area contributed by atoms with Crippen molar-refractivity contribution in [1.29, 1.82) is 0 Å². The van der Waals surface area contributed by atoms with Gasteiger partial charge in [-0.2, -0.15) is 0 Å². The summed E-state index contributed by atoms with van der Waals surface area (Å²) in [6, 6.07) is 0. The van der Waals surface area contributed by atoms with E-state index < -0.39 is 26.5 Å². The number of phosphoric acid groups is 1. The van der Waals surface area contributed by atoms with E-state index in [9.17, 15) is 24.2 Å². The number of aliphatic hydroxyl groups excluding tert-OH is 1. The van der Waals surface area contributed by atoms with Crippen molar-refractivity contribution in [2.24, 2.45) is 0 Å². The number of unbranched alkanes of at least 4 members (excludes halogenated alkanes) is 25. The predicted molar refractivity (Wildman–Crippen MR) is 266 cm³/mol. The Morgan fingerprint density at radius 2 is 0.905 bits per heavy atom. The summed E-state index contributed by atoms with van der Waals surface area (Å²) in [5, 5.41) is 12.7. The van der Waals surface area contributed by atoms with E-state index in [0.717, 1.165) is 70.6 Å². The first-order chi connectivity index (χ1) is 30.8. The molecule has 9 nitrogen and oxygen atoms in total. The van der Waals surface area contributed by atoms with Gasteiger partial charge in [-0.25, -0.2) is 4.57 Å². The van der Waals surface area contributed by atoms with Crippen LogP contribution in [0.1, 0.15) is 232 Å². The molecule has 0 heterocycles. The number of ether oxygens (including phenoxy) is 1. The van der Waals surface area contributed by atoms with E-state index in [2.05, 4.69) is 79.9 Å². The molecule has 63 heavy (non-hydrogen) atoms. The highest BCUT2D eigenvalue weighted by molar-refractivity contribution is 7.47. The Balaban J connectivity index is 3.58. The van der Waals surface area contributed by atoms with Gasteiger partial charge in [0.25, 0.3) is 0 Å². The molecule has 3 N–H and O–H groups in total. The van der Waals surface area contributed by atoms with Gasteiger partial charge in [0.05, 0.1) is 13.2 Å². The highest BCUT2D eigenvalue weighted by Gasteiger charge is 2.23. The smallest absolute Gasteiger partial charge is 0.463 e. The topological polar surface area (TPSA) is 131 Å². The van der Waals surface area contributed by atoms with Crippen molar-refractivity contribution in [3.8, 4) is 0 Å². The fraction of sp³-hybridized carbons (Fsp3) is 0.774. The van der Waals surface area contributed by atoms with Crippen LogP contribution in [0.25, 0.3) is 0 Å². The summed E-state index contributed by atoms with van der Waals surface area (Å²) in [5.74, 6) is -0.544.